The lowest BCUT2D eigenvalue weighted by molar-refractivity contribution is 0.0952. The first-order chi connectivity index (χ1) is 17.3. The molecule has 8 nitrogen and oxygen atoms in total. The molecule has 1 unspecified atom stereocenters. The van der Waals surface area contributed by atoms with Crippen molar-refractivity contribution in [2.24, 2.45) is 0 Å². The molecule has 2 aromatic carbocycles. The van der Waals surface area contributed by atoms with E-state index in [1.54, 1.807) is 43.0 Å². The van der Waals surface area contributed by atoms with Gasteiger partial charge in [-0.3, -0.25) is 4.79 Å². The highest BCUT2D eigenvalue weighted by molar-refractivity contribution is 7.91. The van der Waals surface area contributed by atoms with E-state index in [1.807, 2.05) is 24.3 Å². The van der Waals surface area contributed by atoms with Gasteiger partial charge in [-0.2, -0.15) is 5.10 Å². The Morgan fingerprint density at radius 1 is 1.19 bits per heavy atom. The van der Waals surface area contributed by atoms with E-state index in [9.17, 15) is 17.6 Å². The summed E-state index contributed by atoms with van der Waals surface area (Å²) in [5.74, 6) is -0.193. The number of carbonyl (C=O) groups is 1. The van der Waals surface area contributed by atoms with E-state index >= 15 is 0 Å². The summed E-state index contributed by atoms with van der Waals surface area (Å²) in [6, 6.07) is 14.7. The number of sulfone groups is 1. The molecule has 4 aromatic rings. The smallest absolute Gasteiger partial charge is 0.252 e. The summed E-state index contributed by atoms with van der Waals surface area (Å²) in [6.45, 7) is 1.97. The fraction of sp³-hybridized carbons (Fsp3) is 0.269. The third kappa shape index (κ3) is 4.44. The van der Waals surface area contributed by atoms with Crippen molar-refractivity contribution in [2.45, 2.75) is 25.9 Å². The third-order valence-electron chi connectivity index (χ3n) is 6.42. The Labute approximate surface area is 208 Å². The first-order valence-electron chi connectivity index (χ1n) is 11.5. The Hall–Kier alpha value is -3.79. The molecule has 1 amide bonds. The number of carbonyl (C=O) groups excluding carboxylic acids is 1. The fourth-order valence-electron chi connectivity index (χ4n) is 4.64. The van der Waals surface area contributed by atoms with Crippen LogP contribution in [0.3, 0.4) is 0 Å². The van der Waals surface area contributed by atoms with Crippen LogP contribution in [0.4, 0.5) is 4.39 Å². The molecule has 10 heteroatoms. The number of nitrogens with one attached hydrogen (secondary N) is 1. The first-order valence-corrected chi connectivity index (χ1v) is 13.3. The van der Waals surface area contributed by atoms with Gasteiger partial charge in [0.05, 0.1) is 47.0 Å². The van der Waals surface area contributed by atoms with Crippen LogP contribution in [0, 0.1) is 12.7 Å². The largest absolute Gasteiger partial charge is 0.496 e. The van der Waals surface area contributed by atoms with Crippen molar-refractivity contribution >= 4 is 26.8 Å². The number of aromatic nitrogens is 3. The number of hydrogen-bond donors (Lipinski definition) is 1. The number of aryl methyl sites for hydroxylation is 1. The van der Waals surface area contributed by atoms with Crippen molar-refractivity contribution in [3.05, 3.63) is 77.2 Å². The van der Waals surface area contributed by atoms with Crippen molar-refractivity contribution in [3.63, 3.8) is 0 Å². The quantitative estimate of drug-likeness (QED) is 0.425. The van der Waals surface area contributed by atoms with E-state index in [-0.39, 0.29) is 40.8 Å². The molecule has 0 spiro atoms. The molecule has 1 aliphatic heterocycles. The number of pyridine rings is 1. The molecule has 1 fully saturated rings. The molecule has 1 N–H and O–H groups in total. The van der Waals surface area contributed by atoms with Crippen molar-refractivity contribution in [2.75, 3.05) is 18.6 Å². The van der Waals surface area contributed by atoms with Gasteiger partial charge in [-0.05, 0) is 37.6 Å². The molecule has 186 valence electrons. The Kier molecular flexibility index (Phi) is 6.21. The molecule has 0 saturated carbocycles. The maximum Gasteiger partial charge on any atom is 0.252 e. The van der Waals surface area contributed by atoms with E-state index < -0.39 is 21.7 Å². The summed E-state index contributed by atoms with van der Waals surface area (Å²) in [5.41, 5.74) is 2.50. The van der Waals surface area contributed by atoms with Gasteiger partial charge in [0.15, 0.2) is 15.5 Å². The molecule has 0 bridgehead atoms. The van der Waals surface area contributed by atoms with Gasteiger partial charge < -0.3 is 10.1 Å². The zero-order valence-corrected chi connectivity index (χ0v) is 20.7. The van der Waals surface area contributed by atoms with Crippen LogP contribution in [0.15, 0.2) is 54.6 Å². The molecular formula is C26H25FN4O4S. The van der Waals surface area contributed by atoms with Crippen LogP contribution in [0.25, 0.3) is 22.3 Å². The number of benzene rings is 2. The number of rotatable bonds is 6. The standard InChI is InChI=1S/C26H25FN4O4S/c1-16-24-20(26(32)28-14-17-7-3-6-10-23(17)35-2)13-22(19-8-4-5-9-21(19)27)29-25(24)31(30-16)18-11-12-36(33,34)15-18/h3-10,13,18H,11-12,14-15H2,1-2H3,(H,28,32). The average Bonchev–Trinajstić information content (AvgIpc) is 3.40. The number of para-hydroxylation sites is 1. The second kappa shape index (κ2) is 9.34. The van der Waals surface area contributed by atoms with E-state index in [2.05, 4.69) is 15.4 Å². The summed E-state index contributed by atoms with van der Waals surface area (Å²) in [7, 11) is -1.62. The minimum Gasteiger partial charge on any atom is -0.496 e. The summed E-state index contributed by atoms with van der Waals surface area (Å²) < 4.78 is 46.0. The predicted molar refractivity (Wildman–Crippen MR) is 134 cm³/mol. The van der Waals surface area contributed by atoms with Crippen LogP contribution in [-0.2, 0) is 16.4 Å². The molecule has 5 rings (SSSR count). The minimum absolute atomic E-state index is 0.0514. The highest BCUT2D eigenvalue weighted by Crippen LogP contribution is 2.32. The topological polar surface area (TPSA) is 103 Å². The summed E-state index contributed by atoms with van der Waals surface area (Å²) >= 11 is 0. The van der Waals surface area contributed by atoms with E-state index in [0.29, 0.717) is 28.9 Å². The lowest BCUT2D eigenvalue weighted by Crippen LogP contribution is -2.23. The SMILES string of the molecule is COc1ccccc1CNC(=O)c1cc(-c2ccccc2F)nc2c1c(C)nn2C1CCS(=O)(=O)C1. The highest BCUT2D eigenvalue weighted by Gasteiger charge is 2.32. The lowest BCUT2D eigenvalue weighted by Gasteiger charge is -2.13. The van der Waals surface area contributed by atoms with E-state index in [4.69, 9.17) is 4.74 Å². The van der Waals surface area contributed by atoms with Gasteiger partial charge >= 0.3 is 0 Å². The predicted octanol–water partition coefficient (Wildman–Crippen LogP) is 3.84. The number of methoxy groups -OCH3 is 1. The van der Waals surface area contributed by atoms with Crippen LogP contribution >= 0.6 is 0 Å². The van der Waals surface area contributed by atoms with Crippen LogP contribution in [-0.4, -0.2) is 47.7 Å². The van der Waals surface area contributed by atoms with Crippen molar-refractivity contribution < 1.29 is 22.3 Å². The van der Waals surface area contributed by atoms with Gasteiger partial charge in [-0.15, -0.1) is 0 Å². The lowest BCUT2D eigenvalue weighted by atomic mass is 10.0. The molecule has 1 aliphatic rings. The third-order valence-corrected chi connectivity index (χ3v) is 8.17. The summed E-state index contributed by atoms with van der Waals surface area (Å²) in [4.78, 5) is 18.2. The molecule has 0 radical (unpaired) electrons. The van der Waals surface area contributed by atoms with Gasteiger partial charge in [0, 0.05) is 17.7 Å². The van der Waals surface area contributed by atoms with Gasteiger partial charge in [0.1, 0.15) is 11.6 Å². The minimum atomic E-state index is -3.18. The zero-order chi connectivity index (χ0) is 25.4. The Morgan fingerprint density at radius 3 is 2.67 bits per heavy atom. The van der Waals surface area contributed by atoms with Gasteiger partial charge in [-0.25, -0.2) is 22.5 Å². The average molecular weight is 509 g/mol. The number of halogens is 1. The maximum atomic E-state index is 14.7. The summed E-state index contributed by atoms with van der Waals surface area (Å²) in [5, 5.41) is 8.01. The first kappa shape index (κ1) is 23.9. The number of fused-ring (bicyclic) bond motifs is 1. The highest BCUT2D eigenvalue weighted by atomic mass is 32.2. The second-order valence-electron chi connectivity index (χ2n) is 8.81. The Bertz CT molecular complexity index is 1580. The molecule has 36 heavy (non-hydrogen) atoms. The monoisotopic (exact) mass is 508 g/mol. The molecule has 1 atom stereocenters. The zero-order valence-electron chi connectivity index (χ0n) is 19.9. The molecule has 2 aromatic heterocycles. The van der Waals surface area contributed by atoms with Crippen LogP contribution in [0.1, 0.15) is 34.1 Å². The molecule has 0 aliphatic carbocycles. The molecular weight excluding hydrogens is 483 g/mol. The number of nitrogens with zero attached hydrogens (tertiary/aromatic N) is 3. The number of amides is 1. The Morgan fingerprint density at radius 2 is 1.94 bits per heavy atom. The van der Waals surface area contributed by atoms with Gasteiger partial charge in [0.2, 0.25) is 0 Å². The van der Waals surface area contributed by atoms with Crippen LogP contribution < -0.4 is 10.1 Å². The van der Waals surface area contributed by atoms with Gasteiger partial charge in [-0.1, -0.05) is 30.3 Å². The van der Waals surface area contributed by atoms with Crippen LogP contribution in [0.5, 0.6) is 5.75 Å². The van der Waals surface area contributed by atoms with Crippen molar-refractivity contribution in [1.29, 1.82) is 0 Å². The van der Waals surface area contributed by atoms with Gasteiger partial charge in [0.25, 0.3) is 5.91 Å². The molecule has 1 saturated heterocycles. The fourth-order valence-corrected chi connectivity index (χ4v) is 6.33. The normalized spacial score (nSPS) is 16.8. The van der Waals surface area contributed by atoms with Crippen LogP contribution in [0.2, 0.25) is 0 Å². The number of ether oxygens (including phenoxy) is 1. The van der Waals surface area contributed by atoms with Crippen molar-refractivity contribution in [3.8, 4) is 17.0 Å². The maximum absolute atomic E-state index is 14.7. The van der Waals surface area contributed by atoms with E-state index in [0.717, 1.165) is 5.56 Å². The van der Waals surface area contributed by atoms with Crippen molar-refractivity contribution in [1.82, 2.24) is 20.1 Å². The summed E-state index contributed by atoms with van der Waals surface area (Å²) in [6.07, 6.45) is 0.402. The molecule has 3 heterocycles. The second-order valence-corrected chi connectivity index (χ2v) is 11.0. The van der Waals surface area contributed by atoms with E-state index in [1.165, 1.54) is 6.07 Å². The Balaban J connectivity index is 1.62. The number of hydrogen-bond acceptors (Lipinski definition) is 6.